The van der Waals surface area contributed by atoms with Crippen LogP contribution in [-0.4, -0.2) is 25.3 Å². The lowest BCUT2D eigenvalue weighted by Gasteiger charge is -2.21. The maximum Gasteiger partial charge on any atom is 0.271 e. The Morgan fingerprint density at radius 3 is 2.67 bits per heavy atom. The number of fused-ring (bicyclic) bond motifs is 1. The third-order valence-corrected chi connectivity index (χ3v) is 6.63. The van der Waals surface area contributed by atoms with Gasteiger partial charge in [0, 0.05) is 35.3 Å². The van der Waals surface area contributed by atoms with E-state index < -0.39 is 14.9 Å². The molecule has 0 saturated carbocycles. The van der Waals surface area contributed by atoms with Crippen LogP contribution in [0.2, 0.25) is 0 Å². The number of hydrogen-bond donors (Lipinski definition) is 1. The Morgan fingerprint density at radius 2 is 2.04 bits per heavy atom. The normalized spacial score (nSPS) is 16.1. The van der Waals surface area contributed by atoms with Gasteiger partial charge in [0.2, 0.25) is 5.91 Å². The Bertz CT molecular complexity index is 1050. The Labute approximate surface area is 164 Å². The van der Waals surface area contributed by atoms with Crippen molar-refractivity contribution in [1.82, 2.24) is 0 Å². The number of carbonyl (C=O) groups is 1. The van der Waals surface area contributed by atoms with E-state index in [1.807, 2.05) is 6.92 Å². The van der Waals surface area contributed by atoms with Crippen LogP contribution in [0.5, 0.6) is 0 Å². The molecule has 0 spiro atoms. The summed E-state index contributed by atoms with van der Waals surface area (Å²) < 4.78 is 28.4. The zero-order chi connectivity index (χ0) is 19.9. The van der Waals surface area contributed by atoms with E-state index in [9.17, 15) is 23.3 Å². The highest BCUT2D eigenvalue weighted by Gasteiger charge is 2.32. The van der Waals surface area contributed by atoms with Crippen LogP contribution in [0.25, 0.3) is 0 Å². The van der Waals surface area contributed by atoms with E-state index in [4.69, 9.17) is 0 Å². The highest BCUT2D eigenvalue weighted by Crippen LogP contribution is 2.38. The molecule has 142 valence electrons. The monoisotopic (exact) mass is 453 g/mol. The van der Waals surface area contributed by atoms with E-state index in [0.29, 0.717) is 16.6 Å². The molecule has 1 atom stereocenters. The molecule has 2 aromatic rings. The SMILES string of the molecule is CC(=O)N1c2cc(S(=O)(=O)Nc3cccc([N+](=O)[O-])c3)c(Br)cc2C[C@@H]1C. The fraction of sp³-hybridized carbons (Fsp3) is 0.235. The molecule has 1 aliphatic rings. The topological polar surface area (TPSA) is 110 Å². The van der Waals surface area contributed by atoms with Crippen LogP contribution >= 0.6 is 15.9 Å². The van der Waals surface area contributed by atoms with Gasteiger partial charge in [-0.15, -0.1) is 0 Å². The molecule has 1 amide bonds. The van der Waals surface area contributed by atoms with Gasteiger partial charge < -0.3 is 4.90 Å². The van der Waals surface area contributed by atoms with Crippen molar-refractivity contribution in [3.63, 3.8) is 0 Å². The average molecular weight is 454 g/mol. The number of non-ortho nitro benzene ring substituents is 1. The number of nitro benzene ring substituents is 1. The molecule has 10 heteroatoms. The van der Waals surface area contributed by atoms with E-state index in [1.54, 1.807) is 11.0 Å². The summed E-state index contributed by atoms with van der Waals surface area (Å²) in [6.45, 7) is 3.33. The van der Waals surface area contributed by atoms with Crippen molar-refractivity contribution in [2.24, 2.45) is 0 Å². The first-order valence-electron chi connectivity index (χ1n) is 7.99. The summed E-state index contributed by atoms with van der Waals surface area (Å²) >= 11 is 3.28. The van der Waals surface area contributed by atoms with E-state index in [-0.39, 0.29) is 28.2 Å². The summed E-state index contributed by atoms with van der Waals surface area (Å²) in [5, 5.41) is 10.9. The number of halogens is 1. The fourth-order valence-electron chi connectivity index (χ4n) is 3.20. The number of benzene rings is 2. The molecule has 3 rings (SSSR count). The largest absolute Gasteiger partial charge is 0.309 e. The molecule has 0 saturated heterocycles. The molecular weight excluding hydrogens is 438 g/mol. The maximum atomic E-state index is 12.8. The van der Waals surface area contributed by atoms with E-state index >= 15 is 0 Å². The van der Waals surface area contributed by atoms with Gasteiger partial charge in [0.25, 0.3) is 15.7 Å². The second-order valence-corrected chi connectivity index (χ2v) is 8.77. The lowest BCUT2D eigenvalue weighted by Crippen LogP contribution is -2.33. The minimum atomic E-state index is -4.03. The first-order valence-corrected chi connectivity index (χ1v) is 10.3. The van der Waals surface area contributed by atoms with Gasteiger partial charge in [-0.1, -0.05) is 6.07 Å². The zero-order valence-electron chi connectivity index (χ0n) is 14.5. The summed E-state index contributed by atoms with van der Waals surface area (Å²) in [7, 11) is -4.03. The van der Waals surface area contributed by atoms with Crippen LogP contribution in [0.1, 0.15) is 19.4 Å². The Hall–Kier alpha value is -2.46. The number of sulfonamides is 1. The summed E-state index contributed by atoms with van der Waals surface area (Å²) in [4.78, 5) is 23.7. The van der Waals surface area contributed by atoms with Gasteiger partial charge in [-0.25, -0.2) is 8.42 Å². The van der Waals surface area contributed by atoms with Crippen molar-refractivity contribution in [3.8, 4) is 0 Å². The Morgan fingerprint density at radius 1 is 1.33 bits per heavy atom. The number of nitrogens with one attached hydrogen (secondary N) is 1. The molecule has 2 aromatic carbocycles. The summed E-state index contributed by atoms with van der Waals surface area (Å²) in [6, 6.07) is 8.31. The van der Waals surface area contributed by atoms with E-state index in [2.05, 4.69) is 20.7 Å². The van der Waals surface area contributed by atoms with Gasteiger partial charge in [-0.05, 0) is 53.0 Å². The van der Waals surface area contributed by atoms with Gasteiger partial charge in [-0.3, -0.25) is 19.6 Å². The third kappa shape index (κ3) is 3.67. The number of hydrogen-bond acceptors (Lipinski definition) is 5. The molecule has 27 heavy (non-hydrogen) atoms. The standard InChI is InChI=1S/C17H16BrN3O5S/c1-10-6-12-7-15(18)17(9-16(12)20(10)11(2)22)27(25,26)19-13-4-3-5-14(8-13)21(23)24/h3-5,7-10,19H,6H2,1-2H3/t10-/m0/s1. The second kappa shape index (κ2) is 6.93. The van der Waals surface area contributed by atoms with E-state index in [0.717, 1.165) is 11.6 Å². The minimum Gasteiger partial charge on any atom is -0.309 e. The summed E-state index contributed by atoms with van der Waals surface area (Å²) in [6.07, 6.45) is 0.631. The first-order chi connectivity index (χ1) is 12.6. The van der Waals surface area contributed by atoms with Crippen LogP contribution in [-0.2, 0) is 21.2 Å². The smallest absolute Gasteiger partial charge is 0.271 e. The molecule has 0 bridgehead atoms. The van der Waals surface area contributed by atoms with Crippen molar-refractivity contribution in [1.29, 1.82) is 0 Å². The molecule has 0 aliphatic carbocycles. The number of anilines is 2. The van der Waals surface area contributed by atoms with Crippen LogP contribution < -0.4 is 9.62 Å². The first kappa shape index (κ1) is 19.3. The number of nitro groups is 1. The minimum absolute atomic E-state index is 0.0480. The van der Waals surface area contributed by atoms with Gasteiger partial charge in [0.1, 0.15) is 4.90 Å². The van der Waals surface area contributed by atoms with Gasteiger partial charge >= 0.3 is 0 Å². The lowest BCUT2D eigenvalue weighted by atomic mass is 10.1. The highest BCUT2D eigenvalue weighted by atomic mass is 79.9. The molecule has 1 aliphatic heterocycles. The number of nitrogens with zero attached hydrogens (tertiary/aromatic N) is 2. The Kier molecular flexibility index (Phi) is 4.96. The molecule has 1 heterocycles. The van der Waals surface area contributed by atoms with Crippen molar-refractivity contribution in [2.45, 2.75) is 31.2 Å². The van der Waals surface area contributed by atoms with Crippen molar-refractivity contribution in [3.05, 3.63) is 56.5 Å². The third-order valence-electron chi connectivity index (χ3n) is 4.29. The molecule has 1 N–H and O–H groups in total. The van der Waals surface area contributed by atoms with Crippen LogP contribution in [0.15, 0.2) is 45.8 Å². The highest BCUT2D eigenvalue weighted by molar-refractivity contribution is 9.10. The van der Waals surface area contributed by atoms with Gasteiger partial charge in [0.15, 0.2) is 0 Å². The molecular formula is C17H16BrN3O5S. The van der Waals surface area contributed by atoms with Crippen molar-refractivity contribution >= 4 is 48.9 Å². The van der Waals surface area contributed by atoms with Crippen molar-refractivity contribution in [2.75, 3.05) is 9.62 Å². The molecule has 0 radical (unpaired) electrons. The summed E-state index contributed by atoms with van der Waals surface area (Å²) in [5.41, 5.74) is 1.28. The molecule has 8 nitrogen and oxygen atoms in total. The quantitative estimate of drug-likeness (QED) is 0.562. The van der Waals surface area contributed by atoms with Crippen LogP contribution in [0.4, 0.5) is 17.1 Å². The van der Waals surface area contributed by atoms with Crippen molar-refractivity contribution < 1.29 is 18.1 Å². The van der Waals surface area contributed by atoms with Crippen LogP contribution in [0.3, 0.4) is 0 Å². The zero-order valence-corrected chi connectivity index (χ0v) is 16.9. The predicted octanol–water partition coefficient (Wildman–Crippen LogP) is 3.46. The van der Waals surface area contributed by atoms with Gasteiger partial charge in [0.05, 0.1) is 10.6 Å². The predicted molar refractivity (Wildman–Crippen MR) is 104 cm³/mol. The fourth-order valence-corrected chi connectivity index (χ4v) is 5.36. The molecule has 0 unspecified atom stereocenters. The Balaban J connectivity index is 2.02. The lowest BCUT2D eigenvalue weighted by molar-refractivity contribution is -0.384. The number of rotatable bonds is 4. The van der Waals surface area contributed by atoms with Gasteiger partial charge in [-0.2, -0.15) is 0 Å². The maximum absolute atomic E-state index is 12.8. The molecule has 0 aromatic heterocycles. The van der Waals surface area contributed by atoms with Crippen LogP contribution in [0, 0.1) is 10.1 Å². The second-order valence-electron chi connectivity index (χ2n) is 6.27. The van der Waals surface area contributed by atoms with E-state index in [1.165, 1.54) is 31.2 Å². The number of carbonyl (C=O) groups excluding carboxylic acids is 1. The summed E-state index contributed by atoms with van der Waals surface area (Å²) in [5.74, 6) is -0.168. The number of amides is 1. The molecule has 0 fully saturated rings. The average Bonchev–Trinajstić information content (AvgIpc) is 2.88.